The lowest BCUT2D eigenvalue weighted by molar-refractivity contribution is -0.125. The zero-order chi connectivity index (χ0) is 20.5. The van der Waals surface area contributed by atoms with Gasteiger partial charge in [-0.25, -0.2) is 8.78 Å². The second-order valence-electron chi connectivity index (χ2n) is 6.33. The zero-order valence-corrected chi connectivity index (χ0v) is 15.7. The van der Waals surface area contributed by atoms with Crippen molar-refractivity contribution in [2.45, 2.75) is 13.2 Å². The maximum absolute atomic E-state index is 13.7. The average molecular weight is 388 g/mol. The first-order chi connectivity index (χ1) is 13.4. The molecule has 0 aromatic heterocycles. The Morgan fingerprint density at radius 3 is 2.46 bits per heavy atom. The monoisotopic (exact) mass is 388 g/mol. The number of ether oxygens (including phenoxy) is 1. The molecule has 2 aromatic rings. The predicted molar refractivity (Wildman–Crippen MR) is 101 cm³/mol. The van der Waals surface area contributed by atoms with Gasteiger partial charge in [-0.15, -0.1) is 0 Å². The van der Waals surface area contributed by atoms with Gasteiger partial charge in [-0.2, -0.15) is 0 Å². The third kappa shape index (κ3) is 6.59. The lowest BCUT2D eigenvalue weighted by Crippen LogP contribution is -2.31. The van der Waals surface area contributed by atoms with Gasteiger partial charge < -0.3 is 15.0 Å². The van der Waals surface area contributed by atoms with E-state index in [1.54, 1.807) is 19.0 Å². The number of rotatable bonds is 9. The zero-order valence-electron chi connectivity index (χ0n) is 15.7. The van der Waals surface area contributed by atoms with Crippen LogP contribution >= 0.6 is 0 Å². The van der Waals surface area contributed by atoms with Gasteiger partial charge in [0.2, 0.25) is 0 Å². The molecule has 0 aliphatic rings. The molecule has 0 fully saturated rings. The van der Waals surface area contributed by atoms with Crippen LogP contribution in [0.25, 0.3) is 0 Å². The van der Waals surface area contributed by atoms with Crippen molar-refractivity contribution in [2.24, 2.45) is 0 Å². The third-order valence-corrected chi connectivity index (χ3v) is 3.73. The van der Waals surface area contributed by atoms with Crippen LogP contribution in [-0.4, -0.2) is 37.3 Å². The molecule has 5 nitrogen and oxygen atoms in total. The minimum Gasteiger partial charge on any atom is -0.383 e. The molecule has 0 saturated heterocycles. The van der Waals surface area contributed by atoms with Crippen LogP contribution in [0.1, 0.15) is 11.1 Å². The molecule has 1 N–H and O–H groups in total. The fourth-order valence-electron chi connectivity index (χ4n) is 2.36. The second-order valence-corrected chi connectivity index (χ2v) is 6.33. The normalized spacial score (nSPS) is 11.2. The van der Waals surface area contributed by atoms with Crippen molar-refractivity contribution in [1.29, 1.82) is 0 Å². The highest BCUT2D eigenvalue weighted by atomic mass is 19.1. The SMILES string of the molecule is CN(C)C=C(C(=O)COCc1ccccc1)C(=O)NCc1ccc(F)cc1F. The molecule has 28 heavy (non-hydrogen) atoms. The fraction of sp³-hybridized carbons (Fsp3) is 0.238. The average Bonchev–Trinajstić information content (AvgIpc) is 2.65. The minimum absolute atomic E-state index is 0.111. The highest BCUT2D eigenvalue weighted by Crippen LogP contribution is 2.10. The molecule has 1 amide bonds. The molecule has 2 aromatic carbocycles. The number of amides is 1. The quantitative estimate of drug-likeness (QED) is 0.408. The van der Waals surface area contributed by atoms with Crippen molar-refractivity contribution < 1.29 is 23.1 Å². The Hall–Kier alpha value is -3.06. The number of hydrogen-bond donors (Lipinski definition) is 1. The number of carbonyl (C=O) groups excluding carboxylic acids is 2. The molecule has 0 bridgehead atoms. The van der Waals surface area contributed by atoms with Crippen LogP contribution in [0.2, 0.25) is 0 Å². The van der Waals surface area contributed by atoms with E-state index < -0.39 is 23.3 Å². The Morgan fingerprint density at radius 1 is 1.11 bits per heavy atom. The topological polar surface area (TPSA) is 58.6 Å². The van der Waals surface area contributed by atoms with E-state index in [-0.39, 0.29) is 30.9 Å². The van der Waals surface area contributed by atoms with Crippen molar-refractivity contribution in [2.75, 3.05) is 20.7 Å². The Labute approximate surface area is 162 Å². The highest BCUT2D eigenvalue weighted by Gasteiger charge is 2.19. The van der Waals surface area contributed by atoms with Gasteiger partial charge in [-0.1, -0.05) is 36.4 Å². The molecule has 0 unspecified atom stereocenters. The highest BCUT2D eigenvalue weighted by molar-refractivity contribution is 6.19. The molecule has 0 spiro atoms. The number of hydrogen-bond acceptors (Lipinski definition) is 4. The van der Waals surface area contributed by atoms with Crippen molar-refractivity contribution in [3.05, 3.63) is 83.1 Å². The summed E-state index contributed by atoms with van der Waals surface area (Å²) in [4.78, 5) is 26.4. The summed E-state index contributed by atoms with van der Waals surface area (Å²) in [6.45, 7) is -0.203. The molecule has 0 radical (unpaired) electrons. The first kappa shape index (κ1) is 21.2. The van der Waals surface area contributed by atoms with Crippen LogP contribution in [0.5, 0.6) is 0 Å². The lowest BCUT2D eigenvalue weighted by atomic mass is 10.1. The van der Waals surface area contributed by atoms with Gasteiger partial charge in [0.1, 0.15) is 23.8 Å². The molecule has 2 rings (SSSR count). The first-order valence-electron chi connectivity index (χ1n) is 8.62. The van der Waals surface area contributed by atoms with Crippen LogP contribution in [0.4, 0.5) is 8.78 Å². The van der Waals surface area contributed by atoms with Crippen molar-refractivity contribution in [3.63, 3.8) is 0 Å². The molecular formula is C21H22F2N2O3. The number of carbonyl (C=O) groups is 2. The van der Waals surface area contributed by atoms with Gasteiger partial charge >= 0.3 is 0 Å². The van der Waals surface area contributed by atoms with E-state index in [1.807, 2.05) is 30.3 Å². The maximum Gasteiger partial charge on any atom is 0.256 e. The lowest BCUT2D eigenvalue weighted by Gasteiger charge is -2.12. The van der Waals surface area contributed by atoms with E-state index in [1.165, 1.54) is 12.3 Å². The summed E-state index contributed by atoms with van der Waals surface area (Å²) in [6, 6.07) is 12.4. The molecule has 7 heteroatoms. The Kier molecular flexibility index (Phi) is 7.83. The minimum atomic E-state index is -0.768. The summed E-state index contributed by atoms with van der Waals surface area (Å²) in [7, 11) is 3.34. The van der Waals surface area contributed by atoms with Gasteiger partial charge in [0.05, 0.1) is 6.61 Å². The summed E-state index contributed by atoms with van der Waals surface area (Å²) >= 11 is 0. The van der Waals surface area contributed by atoms with E-state index in [9.17, 15) is 18.4 Å². The van der Waals surface area contributed by atoms with Crippen LogP contribution < -0.4 is 5.32 Å². The van der Waals surface area contributed by atoms with E-state index in [0.29, 0.717) is 0 Å². The predicted octanol–water partition coefficient (Wildman–Crippen LogP) is 2.81. The summed E-state index contributed by atoms with van der Waals surface area (Å²) in [6.07, 6.45) is 1.38. The van der Waals surface area contributed by atoms with Crippen molar-refractivity contribution in [3.8, 4) is 0 Å². The Balaban J connectivity index is 1.97. The molecular weight excluding hydrogens is 366 g/mol. The smallest absolute Gasteiger partial charge is 0.256 e. The molecule has 0 aliphatic heterocycles. The molecule has 148 valence electrons. The van der Waals surface area contributed by atoms with Gasteiger partial charge in [-0.3, -0.25) is 9.59 Å². The maximum atomic E-state index is 13.7. The molecule has 0 atom stereocenters. The van der Waals surface area contributed by atoms with E-state index >= 15 is 0 Å². The molecule has 0 saturated carbocycles. The Morgan fingerprint density at radius 2 is 1.82 bits per heavy atom. The number of Topliss-reactive ketones (excluding diaryl/α,β-unsaturated/α-hetero) is 1. The van der Waals surface area contributed by atoms with Gasteiger partial charge in [0, 0.05) is 38.5 Å². The number of ketones is 1. The largest absolute Gasteiger partial charge is 0.383 e. The summed E-state index contributed by atoms with van der Waals surface area (Å²) < 4.78 is 32.1. The second kappa shape index (κ2) is 10.3. The number of benzene rings is 2. The number of nitrogens with one attached hydrogen (secondary N) is 1. The van der Waals surface area contributed by atoms with Crippen LogP contribution in [0.15, 0.2) is 60.3 Å². The van der Waals surface area contributed by atoms with Crippen LogP contribution in [0.3, 0.4) is 0 Å². The van der Waals surface area contributed by atoms with Gasteiger partial charge in [0.25, 0.3) is 5.91 Å². The Bertz CT molecular complexity index is 852. The van der Waals surface area contributed by atoms with Crippen LogP contribution in [-0.2, 0) is 27.5 Å². The summed E-state index contributed by atoms with van der Waals surface area (Å²) in [5.74, 6) is -2.63. The van der Waals surface area contributed by atoms with Gasteiger partial charge in [0.15, 0.2) is 5.78 Å². The van der Waals surface area contributed by atoms with E-state index in [4.69, 9.17) is 4.74 Å². The summed E-state index contributed by atoms with van der Waals surface area (Å²) in [5, 5.41) is 2.48. The van der Waals surface area contributed by atoms with Crippen molar-refractivity contribution in [1.82, 2.24) is 10.2 Å². The van der Waals surface area contributed by atoms with E-state index in [2.05, 4.69) is 5.32 Å². The van der Waals surface area contributed by atoms with E-state index in [0.717, 1.165) is 17.7 Å². The van der Waals surface area contributed by atoms with Gasteiger partial charge in [-0.05, 0) is 11.6 Å². The first-order valence-corrected chi connectivity index (χ1v) is 8.62. The van der Waals surface area contributed by atoms with Crippen molar-refractivity contribution >= 4 is 11.7 Å². The molecule has 0 heterocycles. The standard InChI is InChI=1S/C21H22F2N2O3/c1-25(2)12-18(20(26)14-28-13-15-6-4-3-5-7-15)21(27)24-11-16-8-9-17(22)10-19(16)23/h3-10,12H,11,13-14H2,1-2H3,(H,24,27). The number of nitrogens with zero attached hydrogens (tertiary/aromatic N) is 1. The summed E-state index contributed by atoms with van der Waals surface area (Å²) in [5.41, 5.74) is 0.914. The molecule has 0 aliphatic carbocycles. The third-order valence-electron chi connectivity index (χ3n) is 3.73. The number of halogens is 2. The fourth-order valence-corrected chi connectivity index (χ4v) is 2.36. The van der Waals surface area contributed by atoms with Crippen LogP contribution in [0, 0.1) is 11.6 Å².